The van der Waals surface area contributed by atoms with Crippen molar-refractivity contribution in [2.75, 3.05) is 119 Å². The molecule has 10 nitrogen and oxygen atoms in total. The highest BCUT2D eigenvalue weighted by Gasteiger charge is 2.25. The van der Waals surface area contributed by atoms with Crippen molar-refractivity contribution < 1.29 is 0 Å². The lowest BCUT2D eigenvalue weighted by atomic mass is 9.82. The Morgan fingerprint density at radius 3 is 1.00 bits per heavy atom. The number of aryl methyl sites for hydroxylation is 1. The van der Waals surface area contributed by atoms with Crippen LogP contribution in [0.15, 0.2) is 30.9 Å². The van der Waals surface area contributed by atoms with Crippen molar-refractivity contribution in [2.24, 2.45) is 64.6 Å². The first kappa shape index (κ1) is 87.9. The summed E-state index contributed by atoms with van der Waals surface area (Å²) in [6.45, 7) is 76.9. The van der Waals surface area contributed by atoms with Gasteiger partial charge in [0.05, 0.1) is 0 Å². The van der Waals surface area contributed by atoms with Gasteiger partial charge in [-0.15, -0.1) is 12.3 Å². The van der Waals surface area contributed by atoms with E-state index in [1.807, 2.05) is 43.2 Å². The van der Waals surface area contributed by atoms with Crippen LogP contribution in [-0.2, 0) is 19.5 Å². The number of likely N-dealkylation sites (tertiary alicyclic amines) is 5. The second-order valence-electron chi connectivity index (χ2n) is 31.0. The number of terminal acetylenes is 1. The third kappa shape index (κ3) is 60.6. The molecule has 0 spiro atoms. The lowest BCUT2D eigenvalue weighted by Gasteiger charge is -2.37. The molecule has 0 aliphatic carbocycles. The Balaban J connectivity index is -0.000000899. The summed E-state index contributed by atoms with van der Waals surface area (Å²) in [4.78, 5) is 19.3. The van der Waals surface area contributed by atoms with Gasteiger partial charge in [0, 0.05) is 82.9 Å². The summed E-state index contributed by atoms with van der Waals surface area (Å²) in [6, 6.07) is 1.95. The summed E-state index contributed by atoms with van der Waals surface area (Å²) in [5.41, 5.74) is 0.605. The van der Waals surface area contributed by atoms with E-state index in [1.54, 1.807) is 0 Å². The van der Waals surface area contributed by atoms with Crippen LogP contribution >= 0.6 is 0 Å². The summed E-state index contributed by atoms with van der Waals surface area (Å²) < 4.78 is 4.18. The molecule has 5 aliphatic rings. The second-order valence-corrected chi connectivity index (χ2v) is 31.0. The van der Waals surface area contributed by atoms with Crippen LogP contribution < -0.4 is 0 Å². The largest absolute Gasteiger partial charge is 0.335 e. The zero-order valence-electron chi connectivity index (χ0n) is 63.1. The topological polar surface area (TPSA) is 55.1 Å². The molecule has 510 valence electrons. The Morgan fingerprint density at radius 1 is 0.442 bits per heavy atom. The van der Waals surface area contributed by atoms with E-state index in [1.165, 1.54) is 188 Å². The fraction of sp³-hybridized carbons (Fsp3) is 0.895. The number of hydrogen-bond acceptors (Lipinski definition) is 8. The van der Waals surface area contributed by atoms with Gasteiger partial charge >= 0.3 is 0 Å². The van der Waals surface area contributed by atoms with Crippen molar-refractivity contribution in [1.82, 2.24) is 48.7 Å². The van der Waals surface area contributed by atoms with Gasteiger partial charge in [-0.05, 0) is 209 Å². The van der Waals surface area contributed by atoms with Gasteiger partial charge < -0.3 is 34.0 Å². The number of piperidine rings is 3. The van der Waals surface area contributed by atoms with E-state index >= 15 is 0 Å². The van der Waals surface area contributed by atoms with Crippen molar-refractivity contribution >= 4 is 0 Å². The number of rotatable bonds is 18. The van der Waals surface area contributed by atoms with Gasteiger partial charge in [0.15, 0.2) is 0 Å². The summed E-state index contributed by atoms with van der Waals surface area (Å²) in [5.74, 6) is 11.4. The van der Waals surface area contributed by atoms with Gasteiger partial charge in [-0.2, -0.15) is 5.10 Å². The van der Waals surface area contributed by atoms with Gasteiger partial charge in [0.1, 0.15) is 5.82 Å². The zero-order valence-corrected chi connectivity index (χ0v) is 63.1. The second kappa shape index (κ2) is 55.6. The van der Waals surface area contributed by atoms with Crippen molar-refractivity contribution in [3.8, 4) is 12.3 Å². The van der Waals surface area contributed by atoms with Crippen LogP contribution in [-0.4, -0.2) is 168 Å². The molecular formula is C76H156N10. The molecule has 2 aromatic rings. The molecule has 0 amide bonds. The SMILES string of the molecule is C#CC(C)C.CC(C)CN(C)C.CC(C)CN1CCC(C)(C)CC1.CC(C)CN1CCC1.CC(C)CN1CCCC1.CC(C)CN1CCCCC1.CC(C)CN1CCCCC1.CC(C)Cn1cccn1.CCC(C)C.CCc1nccn1CC(C)C. The average molecular weight is 1210 g/mol. The van der Waals surface area contributed by atoms with E-state index in [0.717, 1.165) is 60.9 Å². The third-order valence-corrected chi connectivity index (χ3v) is 15.0. The quantitative estimate of drug-likeness (QED) is 0.137. The number of nitrogens with zero attached hydrogens (tertiary/aromatic N) is 10. The van der Waals surface area contributed by atoms with Crippen molar-refractivity contribution in [1.29, 1.82) is 0 Å². The summed E-state index contributed by atoms with van der Waals surface area (Å²) in [7, 11) is 4.19. The summed E-state index contributed by atoms with van der Waals surface area (Å²) in [5, 5.41) is 4.07. The maximum atomic E-state index is 4.92. The van der Waals surface area contributed by atoms with E-state index < -0.39 is 0 Å². The molecule has 5 aliphatic heterocycles. The predicted octanol–water partition coefficient (Wildman–Crippen LogP) is 18.3. The minimum Gasteiger partial charge on any atom is -0.335 e. The monoisotopic (exact) mass is 1210 g/mol. The first-order valence-corrected chi connectivity index (χ1v) is 36.0. The Kier molecular flexibility index (Phi) is 56.8. The number of hydrogen-bond donors (Lipinski definition) is 0. The fourth-order valence-corrected chi connectivity index (χ4v) is 10.5. The molecule has 0 aromatic carbocycles. The minimum absolute atomic E-state index is 0.412. The van der Waals surface area contributed by atoms with Crippen LogP contribution in [0.3, 0.4) is 0 Å². The molecule has 5 saturated heterocycles. The lowest BCUT2D eigenvalue weighted by Crippen LogP contribution is -2.39. The molecule has 7 rings (SSSR count). The van der Waals surface area contributed by atoms with Gasteiger partial charge in [0.25, 0.3) is 0 Å². The molecule has 7 heterocycles. The maximum Gasteiger partial charge on any atom is 0.108 e. The zero-order chi connectivity index (χ0) is 66.0. The molecule has 0 atom stereocenters. The van der Waals surface area contributed by atoms with Crippen LogP contribution in [0.5, 0.6) is 0 Å². The van der Waals surface area contributed by atoms with E-state index in [4.69, 9.17) is 6.42 Å². The molecule has 0 saturated carbocycles. The number of aromatic nitrogens is 4. The predicted molar refractivity (Wildman–Crippen MR) is 387 cm³/mol. The standard InChI is InChI=1S/C11H23N.C9H16N2.2C9H19N.C8H17N.C7H12N2.C7H15N.C6H15N.C5H12.C5H8/c1-10(2)9-12-7-5-11(3,4)6-8-12;1-4-9-10-5-6-11(9)7-8(2)3;2*1-9(2)8-10-6-4-3-5-7-10;1-8(2)7-9-5-3-4-6-9;1-7(2)6-9-5-3-4-8-9;1-7(2)6-8-4-3-5-8;1-6(2)5-7(3)4;2*1-4-5(2)3/h10H,5-9H2,1-4H3;5-6,8H,4,7H2,1-3H3;2*9H,3-8H2,1-2H3;8H,3-7H2,1-2H3;3-5,7H,6H2,1-2H3;7H,3-6H2,1-2H3;6H,5H2,1-4H3;5H,4H2,1-3H3;1,5H,2-3H3. The average Bonchev–Trinajstić information content (AvgIpc) is 4.29. The van der Waals surface area contributed by atoms with E-state index in [0.29, 0.717) is 23.2 Å². The Bertz CT molecular complexity index is 1670. The normalized spacial score (nSPS) is 17.2. The van der Waals surface area contributed by atoms with Gasteiger partial charge in [-0.3, -0.25) is 4.68 Å². The smallest absolute Gasteiger partial charge is 0.108 e. The third-order valence-electron chi connectivity index (χ3n) is 15.0. The maximum absolute atomic E-state index is 4.92. The first-order valence-electron chi connectivity index (χ1n) is 36.0. The van der Waals surface area contributed by atoms with Crippen molar-refractivity contribution in [3.63, 3.8) is 0 Å². The van der Waals surface area contributed by atoms with Crippen LogP contribution in [0.2, 0.25) is 0 Å². The van der Waals surface area contributed by atoms with Crippen LogP contribution in [0, 0.1) is 76.9 Å². The van der Waals surface area contributed by atoms with E-state index in [9.17, 15) is 0 Å². The summed E-state index contributed by atoms with van der Waals surface area (Å²) >= 11 is 0. The Morgan fingerprint density at radius 2 is 0.767 bits per heavy atom. The molecule has 2 aromatic heterocycles. The molecule has 5 fully saturated rings. The molecule has 0 unspecified atom stereocenters. The van der Waals surface area contributed by atoms with Crippen LogP contribution in [0.25, 0.3) is 0 Å². The molecular weight excluding hydrogens is 1050 g/mol. The number of imidazole rings is 1. The molecule has 0 bridgehead atoms. The van der Waals surface area contributed by atoms with Crippen molar-refractivity contribution in [3.05, 3.63) is 36.7 Å². The lowest BCUT2D eigenvalue weighted by molar-refractivity contribution is 0.122. The molecule has 0 N–H and O–H groups in total. The van der Waals surface area contributed by atoms with Crippen molar-refractivity contribution in [2.45, 2.75) is 263 Å². The van der Waals surface area contributed by atoms with E-state index in [2.05, 4.69) is 223 Å². The highest BCUT2D eigenvalue weighted by Crippen LogP contribution is 2.30. The Labute approximate surface area is 541 Å². The molecule has 0 radical (unpaired) electrons. The minimum atomic E-state index is 0.412. The van der Waals surface area contributed by atoms with Crippen LogP contribution in [0.1, 0.15) is 249 Å². The van der Waals surface area contributed by atoms with Gasteiger partial charge in [-0.1, -0.05) is 185 Å². The van der Waals surface area contributed by atoms with Gasteiger partial charge in [-0.25, -0.2) is 4.98 Å². The molecule has 86 heavy (non-hydrogen) atoms. The summed E-state index contributed by atoms with van der Waals surface area (Å²) in [6.07, 6.45) is 30.6. The first-order chi connectivity index (χ1) is 40.3. The highest BCUT2D eigenvalue weighted by molar-refractivity contribution is 4.91. The molecule has 10 heteroatoms. The van der Waals surface area contributed by atoms with Gasteiger partial charge in [0.2, 0.25) is 0 Å². The fourth-order valence-electron chi connectivity index (χ4n) is 10.5. The highest BCUT2D eigenvalue weighted by atomic mass is 15.3. The Hall–Kier alpha value is -2.26. The van der Waals surface area contributed by atoms with E-state index in [-0.39, 0.29) is 0 Å². The van der Waals surface area contributed by atoms with Crippen LogP contribution in [0.4, 0.5) is 0 Å².